The molecule has 1 aromatic carbocycles. The Morgan fingerprint density at radius 3 is 2.62 bits per heavy atom. The number of benzene rings is 1. The number of imidazole rings is 1. The fourth-order valence-corrected chi connectivity index (χ4v) is 4.55. The lowest BCUT2D eigenvalue weighted by Gasteiger charge is -2.32. The lowest BCUT2D eigenvalue weighted by atomic mass is 9.96. The molecule has 6 heteroatoms. The van der Waals surface area contributed by atoms with Gasteiger partial charge in [0.15, 0.2) is 4.90 Å². The number of piperidine rings is 1. The van der Waals surface area contributed by atoms with E-state index in [0.717, 1.165) is 54.2 Å². The van der Waals surface area contributed by atoms with Crippen molar-refractivity contribution in [3.63, 3.8) is 0 Å². The SMILES string of the molecule is CC[S+]([O-])c1ccc2c(c1)nc(C(C)C)n2CC1CCN(C(C)=O)CC1. The first-order chi connectivity index (χ1) is 12.4. The first kappa shape index (κ1) is 19.2. The third-order valence-corrected chi connectivity index (χ3v) is 6.60. The minimum Gasteiger partial charge on any atom is -0.611 e. The van der Waals surface area contributed by atoms with Gasteiger partial charge >= 0.3 is 0 Å². The van der Waals surface area contributed by atoms with Crippen LogP contribution in [0.25, 0.3) is 11.0 Å². The number of likely N-dealkylation sites (tertiary alicyclic amines) is 1. The first-order valence-electron chi connectivity index (χ1n) is 9.54. The van der Waals surface area contributed by atoms with Crippen LogP contribution in [-0.2, 0) is 22.5 Å². The highest BCUT2D eigenvalue weighted by Gasteiger charge is 2.24. The molecule has 0 N–H and O–H groups in total. The van der Waals surface area contributed by atoms with E-state index in [-0.39, 0.29) is 5.91 Å². The molecule has 1 aliphatic heterocycles. The standard InChI is InChI=1S/C20H29N3O2S/c1-5-26(25)17-6-7-19-18(12-17)21-20(14(2)3)23(19)13-16-8-10-22(11-9-16)15(4)24/h6-7,12,14,16H,5,8-11,13H2,1-4H3. The quantitative estimate of drug-likeness (QED) is 0.751. The van der Waals surface area contributed by atoms with Crippen molar-refractivity contribution in [2.75, 3.05) is 18.8 Å². The van der Waals surface area contributed by atoms with Crippen LogP contribution in [0.1, 0.15) is 52.3 Å². The molecule has 1 aliphatic rings. The van der Waals surface area contributed by atoms with Crippen molar-refractivity contribution in [3.8, 4) is 0 Å². The second-order valence-corrected chi connectivity index (χ2v) is 9.21. The second-order valence-electron chi connectivity index (χ2n) is 7.47. The van der Waals surface area contributed by atoms with Gasteiger partial charge in [-0.3, -0.25) is 4.79 Å². The monoisotopic (exact) mass is 375 g/mol. The number of carbonyl (C=O) groups is 1. The zero-order valence-electron chi connectivity index (χ0n) is 16.2. The van der Waals surface area contributed by atoms with Crippen LogP contribution in [0.4, 0.5) is 0 Å². The van der Waals surface area contributed by atoms with E-state index in [0.29, 0.717) is 17.6 Å². The van der Waals surface area contributed by atoms with Crippen molar-refractivity contribution in [2.24, 2.45) is 5.92 Å². The summed E-state index contributed by atoms with van der Waals surface area (Å²) in [4.78, 5) is 19.2. The number of fused-ring (bicyclic) bond motifs is 1. The number of nitrogens with zero attached hydrogens (tertiary/aromatic N) is 3. The van der Waals surface area contributed by atoms with Crippen LogP contribution < -0.4 is 0 Å². The Morgan fingerprint density at radius 1 is 1.35 bits per heavy atom. The van der Waals surface area contributed by atoms with E-state index in [2.05, 4.69) is 24.5 Å². The molecule has 26 heavy (non-hydrogen) atoms. The molecule has 1 atom stereocenters. The smallest absolute Gasteiger partial charge is 0.219 e. The Balaban J connectivity index is 1.87. The maximum atomic E-state index is 12.1. The molecule has 0 radical (unpaired) electrons. The molecule has 2 aromatic rings. The number of aromatic nitrogens is 2. The molecular weight excluding hydrogens is 346 g/mol. The number of rotatable bonds is 5. The van der Waals surface area contributed by atoms with Gasteiger partial charge in [0.2, 0.25) is 5.91 Å². The summed E-state index contributed by atoms with van der Waals surface area (Å²) in [5.74, 6) is 2.78. The Kier molecular flexibility index (Phi) is 5.92. The molecule has 1 unspecified atom stereocenters. The summed E-state index contributed by atoms with van der Waals surface area (Å²) in [7, 11) is 0. The van der Waals surface area contributed by atoms with E-state index in [1.807, 2.05) is 24.0 Å². The highest BCUT2D eigenvalue weighted by atomic mass is 32.2. The highest BCUT2D eigenvalue weighted by molar-refractivity contribution is 7.91. The second kappa shape index (κ2) is 8.01. The van der Waals surface area contributed by atoms with E-state index < -0.39 is 11.2 Å². The third-order valence-electron chi connectivity index (χ3n) is 5.29. The topological polar surface area (TPSA) is 61.2 Å². The molecule has 1 fully saturated rings. The zero-order valence-corrected chi connectivity index (χ0v) is 17.0. The molecule has 1 amide bonds. The van der Waals surface area contributed by atoms with E-state index in [9.17, 15) is 9.35 Å². The molecule has 142 valence electrons. The van der Waals surface area contributed by atoms with E-state index in [4.69, 9.17) is 4.98 Å². The molecule has 3 rings (SSSR count). The fourth-order valence-electron chi connectivity index (χ4n) is 3.76. The lowest BCUT2D eigenvalue weighted by molar-refractivity contribution is -0.130. The molecular formula is C20H29N3O2S. The molecule has 1 aromatic heterocycles. The average molecular weight is 376 g/mol. The van der Waals surface area contributed by atoms with Gasteiger partial charge in [-0.15, -0.1) is 0 Å². The van der Waals surface area contributed by atoms with E-state index >= 15 is 0 Å². The van der Waals surface area contributed by atoms with Gasteiger partial charge in [0.25, 0.3) is 0 Å². The first-order valence-corrected chi connectivity index (χ1v) is 10.9. The number of amides is 1. The normalized spacial score (nSPS) is 17.2. The average Bonchev–Trinajstić information content (AvgIpc) is 2.99. The summed E-state index contributed by atoms with van der Waals surface area (Å²) >= 11 is -0.956. The van der Waals surface area contributed by atoms with Gasteiger partial charge in [-0.25, -0.2) is 4.98 Å². The molecule has 5 nitrogen and oxygen atoms in total. The van der Waals surface area contributed by atoms with Crippen molar-refractivity contribution >= 4 is 28.1 Å². The van der Waals surface area contributed by atoms with Crippen LogP contribution in [0.5, 0.6) is 0 Å². The Labute approximate surface area is 159 Å². The summed E-state index contributed by atoms with van der Waals surface area (Å²) < 4.78 is 14.5. The fraction of sp³-hybridized carbons (Fsp3) is 0.600. The number of hydrogen-bond acceptors (Lipinski definition) is 3. The van der Waals surface area contributed by atoms with Crippen LogP contribution in [0.2, 0.25) is 0 Å². The predicted molar refractivity (Wildman–Crippen MR) is 106 cm³/mol. The van der Waals surface area contributed by atoms with E-state index in [1.54, 1.807) is 6.92 Å². The lowest BCUT2D eigenvalue weighted by Crippen LogP contribution is -2.38. The van der Waals surface area contributed by atoms with Crippen LogP contribution in [0.15, 0.2) is 23.1 Å². The molecule has 0 saturated carbocycles. The summed E-state index contributed by atoms with van der Waals surface area (Å²) in [6.07, 6.45) is 2.07. The summed E-state index contributed by atoms with van der Waals surface area (Å²) in [5, 5.41) is 0. The van der Waals surface area contributed by atoms with Crippen LogP contribution in [0, 0.1) is 5.92 Å². The van der Waals surface area contributed by atoms with Crippen molar-refractivity contribution in [1.82, 2.24) is 14.5 Å². The van der Waals surface area contributed by atoms with Crippen LogP contribution in [0.3, 0.4) is 0 Å². The van der Waals surface area contributed by atoms with Crippen molar-refractivity contribution in [2.45, 2.75) is 57.9 Å². The van der Waals surface area contributed by atoms with Gasteiger partial charge in [0, 0.05) is 38.5 Å². The Bertz CT molecular complexity index is 779. The summed E-state index contributed by atoms with van der Waals surface area (Å²) in [6.45, 7) is 10.6. The minimum atomic E-state index is -0.956. The number of carbonyl (C=O) groups excluding carboxylic acids is 1. The van der Waals surface area contributed by atoms with Crippen molar-refractivity contribution in [1.29, 1.82) is 0 Å². The third kappa shape index (κ3) is 3.91. The predicted octanol–water partition coefficient (Wildman–Crippen LogP) is 3.55. The molecule has 0 bridgehead atoms. The van der Waals surface area contributed by atoms with E-state index in [1.165, 1.54) is 0 Å². The summed E-state index contributed by atoms with van der Waals surface area (Å²) in [6, 6.07) is 6.03. The molecule has 1 saturated heterocycles. The van der Waals surface area contributed by atoms with Gasteiger partial charge in [0.1, 0.15) is 11.6 Å². The van der Waals surface area contributed by atoms with Crippen molar-refractivity contribution in [3.05, 3.63) is 24.0 Å². The van der Waals surface area contributed by atoms with Crippen LogP contribution in [-0.4, -0.2) is 43.8 Å². The zero-order chi connectivity index (χ0) is 18.8. The molecule has 0 aliphatic carbocycles. The van der Waals surface area contributed by atoms with Gasteiger partial charge in [0.05, 0.1) is 11.0 Å². The van der Waals surface area contributed by atoms with Crippen LogP contribution >= 0.6 is 0 Å². The largest absolute Gasteiger partial charge is 0.611 e. The maximum absolute atomic E-state index is 12.1. The van der Waals surface area contributed by atoms with Gasteiger partial charge in [-0.05, 0) is 49.0 Å². The van der Waals surface area contributed by atoms with Gasteiger partial charge in [-0.1, -0.05) is 13.8 Å². The van der Waals surface area contributed by atoms with Crippen molar-refractivity contribution < 1.29 is 9.35 Å². The maximum Gasteiger partial charge on any atom is 0.219 e. The van der Waals surface area contributed by atoms with Gasteiger partial charge in [-0.2, -0.15) is 0 Å². The number of hydrogen-bond donors (Lipinski definition) is 0. The Morgan fingerprint density at radius 2 is 2.04 bits per heavy atom. The molecule has 0 spiro atoms. The van der Waals surface area contributed by atoms with Gasteiger partial charge < -0.3 is 14.0 Å². The highest BCUT2D eigenvalue weighted by Crippen LogP contribution is 2.28. The summed E-state index contributed by atoms with van der Waals surface area (Å²) in [5.41, 5.74) is 2.06. The molecule has 2 heterocycles. The minimum absolute atomic E-state index is 0.177. The Hall–Kier alpha value is -1.53.